The van der Waals surface area contributed by atoms with Gasteiger partial charge in [0, 0.05) is 6.54 Å². The van der Waals surface area contributed by atoms with Crippen LogP contribution in [0.25, 0.3) is 11.1 Å². The first-order chi connectivity index (χ1) is 18.9. The Morgan fingerprint density at radius 3 is 1.74 bits per heavy atom. The van der Waals surface area contributed by atoms with Crippen LogP contribution in [-0.2, 0) is 0 Å². The molecule has 0 heterocycles. The fourth-order valence-electron chi connectivity index (χ4n) is 4.49. The Bertz CT molecular complexity index is 1360. The Morgan fingerprint density at radius 2 is 1.23 bits per heavy atom. The fourth-order valence-corrected chi connectivity index (χ4v) is 4.49. The lowest BCUT2D eigenvalue weighted by Crippen LogP contribution is -2.30. The zero-order valence-corrected chi connectivity index (χ0v) is 22.7. The third-order valence-corrected chi connectivity index (χ3v) is 6.30. The highest BCUT2D eigenvalue weighted by molar-refractivity contribution is 5.98. The minimum absolute atomic E-state index is 0.230. The van der Waals surface area contributed by atoms with E-state index in [1.807, 2.05) is 104 Å². The molecule has 0 radical (unpaired) electrons. The van der Waals surface area contributed by atoms with Gasteiger partial charge in [0.1, 0.15) is 24.2 Å². The summed E-state index contributed by atoms with van der Waals surface area (Å²) in [6.07, 6.45) is 0.272. The number of esters is 1. The molecule has 200 valence electrons. The van der Waals surface area contributed by atoms with Gasteiger partial charge in [-0.15, -0.1) is 0 Å². The van der Waals surface area contributed by atoms with Crippen LogP contribution >= 0.6 is 0 Å². The molecule has 1 N–H and O–H groups in total. The highest BCUT2D eigenvalue weighted by atomic mass is 16.5. The maximum atomic E-state index is 12.5. The van der Waals surface area contributed by atoms with Crippen molar-refractivity contribution in [2.45, 2.75) is 19.4 Å². The largest absolute Gasteiger partial charge is 0.491 e. The molecular formula is C34H35NO4. The third-order valence-electron chi connectivity index (χ3n) is 6.30. The summed E-state index contributed by atoms with van der Waals surface area (Å²) >= 11 is 0. The van der Waals surface area contributed by atoms with Crippen LogP contribution in [0.2, 0.25) is 0 Å². The molecular weight excluding hydrogens is 486 g/mol. The fraction of sp³-hybridized carbons (Fsp3) is 0.206. The molecule has 5 heteroatoms. The highest BCUT2D eigenvalue weighted by Crippen LogP contribution is 2.35. The van der Waals surface area contributed by atoms with Gasteiger partial charge in [0.15, 0.2) is 0 Å². The van der Waals surface area contributed by atoms with Crippen molar-refractivity contribution >= 4 is 17.1 Å². The van der Waals surface area contributed by atoms with E-state index < -0.39 is 6.10 Å². The summed E-state index contributed by atoms with van der Waals surface area (Å²) in [6, 6.07) is 34.9. The van der Waals surface area contributed by atoms with Gasteiger partial charge in [-0.1, -0.05) is 79.7 Å². The summed E-state index contributed by atoms with van der Waals surface area (Å²) in [5.74, 6) is 0.811. The maximum Gasteiger partial charge on any atom is 0.343 e. The normalized spacial score (nSPS) is 12.5. The molecule has 0 aliphatic heterocycles. The summed E-state index contributed by atoms with van der Waals surface area (Å²) < 4.78 is 11.4. The van der Waals surface area contributed by atoms with Crippen LogP contribution in [0.3, 0.4) is 0 Å². The number of likely N-dealkylation sites (N-methyl/N-ethyl adjacent to an activating group) is 1. The molecule has 4 aromatic rings. The molecule has 0 saturated carbocycles. The second-order valence-corrected chi connectivity index (χ2v) is 9.60. The van der Waals surface area contributed by atoms with Crippen molar-refractivity contribution in [1.82, 2.24) is 4.90 Å². The number of allylic oxidation sites excluding steroid dienone is 1. The van der Waals surface area contributed by atoms with Gasteiger partial charge in [0.05, 0.1) is 5.56 Å². The Balaban J connectivity index is 1.63. The first kappa shape index (κ1) is 27.8. The lowest BCUT2D eigenvalue weighted by Gasteiger charge is -2.18. The number of ether oxygens (including phenoxy) is 2. The van der Waals surface area contributed by atoms with E-state index >= 15 is 0 Å². The quantitative estimate of drug-likeness (QED) is 0.137. The Kier molecular flexibility index (Phi) is 9.68. The van der Waals surface area contributed by atoms with Crippen molar-refractivity contribution in [3.8, 4) is 11.5 Å². The maximum absolute atomic E-state index is 12.5. The molecule has 4 rings (SSSR count). The van der Waals surface area contributed by atoms with Crippen LogP contribution in [0.15, 0.2) is 109 Å². The standard InChI is InChI=1S/C34H35NO4/c1-4-32(25-11-7-5-8-12-25)33(26-15-19-30(20-16-26)38-24-29(36)23-35(2)3)27-17-21-31(22-18-27)39-34(37)28-13-9-6-10-14-28/h5-22,29,36H,4,23-24H2,1-3H3. The predicted octanol–water partition coefficient (Wildman–Crippen LogP) is 6.58. The van der Waals surface area contributed by atoms with Gasteiger partial charge in [-0.3, -0.25) is 0 Å². The van der Waals surface area contributed by atoms with Crippen molar-refractivity contribution < 1.29 is 19.4 Å². The molecule has 0 aliphatic rings. The third kappa shape index (κ3) is 7.66. The molecule has 1 atom stereocenters. The van der Waals surface area contributed by atoms with E-state index in [1.165, 1.54) is 5.57 Å². The van der Waals surface area contributed by atoms with Crippen molar-refractivity contribution in [3.63, 3.8) is 0 Å². The van der Waals surface area contributed by atoms with Crippen LogP contribution in [0.4, 0.5) is 0 Å². The van der Waals surface area contributed by atoms with Crippen molar-refractivity contribution in [2.24, 2.45) is 0 Å². The van der Waals surface area contributed by atoms with Crippen LogP contribution in [0.1, 0.15) is 40.4 Å². The summed E-state index contributed by atoms with van der Waals surface area (Å²) in [5, 5.41) is 10.1. The first-order valence-electron chi connectivity index (χ1n) is 13.2. The topological polar surface area (TPSA) is 59.0 Å². The highest BCUT2D eigenvalue weighted by Gasteiger charge is 2.15. The van der Waals surface area contributed by atoms with Crippen molar-refractivity contribution in [1.29, 1.82) is 0 Å². The van der Waals surface area contributed by atoms with E-state index in [9.17, 15) is 9.90 Å². The number of rotatable bonds is 11. The Morgan fingerprint density at radius 1 is 0.718 bits per heavy atom. The van der Waals surface area contributed by atoms with Crippen LogP contribution in [-0.4, -0.2) is 49.3 Å². The molecule has 4 aromatic carbocycles. The van der Waals surface area contributed by atoms with E-state index in [0.29, 0.717) is 23.6 Å². The summed E-state index contributed by atoms with van der Waals surface area (Å²) in [7, 11) is 3.84. The number of hydrogen-bond acceptors (Lipinski definition) is 5. The molecule has 0 bridgehead atoms. The molecule has 0 amide bonds. The molecule has 0 spiro atoms. The second kappa shape index (κ2) is 13.6. The average Bonchev–Trinajstić information content (AvgIpc) is 2.96. The number of carbonyl (C=O) groups is 1. The van der Waals surface area contributed by atoms with Crippen LogP contribution in [0.5, 0.6) is 11.5 Å². The van der Waals surface area contributed by atoms with E-state index in [2.05, 4.69) is 19.1 Å². The van der Waals surface area contributed by atoms with E-state index in [1.54, 1.807) is 12.1 Å². The summed E-state index contributed by atoms with van der Waals surface area (Å²) in [6.45, 7) is 2.92. The molecule has 39 heavy (non-hydrogen) atoms. The molecule has 0 saturated heterocycles. The zero-order chi connectivity index (χ0) is 27.6. The van der Waals surface area contributed by atoms with Crippen molar-refractivity contribution in [2.75, 3.05) is 27.2 Å². The van der Waals surface area contributed by atoms with Crippen molar-refractivity contribution in [3.05, 3.63) is 131 Å². The SMILES string of the molecule is CCC(=C(c1ccc(OCC(O)CN(C)C)cc1)c1ccc(OC(=O)c2ccccc2)cc1)c1ccccc1. The first-order valence-corrected chi connectivity index (χ1v) is 13.2. The minimum atomic E-state index is -0.561. The van der Waals surface area contributed by atoms with Gasteiger partial charge in [-0.05, 0) is 84.8 Å². The monoisotopic (exact) mass is 521 g/mol. The zero-order valence-electron chi connectivity index (χ0n) is 22.7. The number of carbonyl (C=O) groups excluding carboxylic acids is 1. The lowest BCUT2D eigenvalue weighted by atomic mass is 9.88. The van der Waals surface area contributed by atoms with Gasteiger partial charge in [0.25, 0.3) is 0 Å². The second-order valence-electron chi connectivity index (χ2n) is 9.60. The van der Waals surface area contributed by atoms with Gasteiger partial charge in [-0.2, -0.15) is 0 Å². The number of aliphatic hydroxyl groups is 1. The molecule has 5 nitrogen and oxygen atoms in total. The Hall–Kier alpha value is -4.19. The summed E-state index contributed by atoms with van der Waals surface area (Å²) in [4.78, 5) is 14.4. The minimum Gasteiger partial charge on any atom is -0.491 e. The van der Waals surface area contributed by atoms with E-state index in [0.717, 1.165) is 28.7 Å². The van der Waals surface area contributed by atoms with Crippen LogP contribution in [0, 0.1) is 0 Å². The predicted molar refractivity (Wildman–Crippen MR) is 157 cm³/mol. The lowest BCUT2D eigenvalue weighted by molar-refractivity contribution is 0.0734. The number of benzene rings is 4. The smallest absolute Gasteiger partial charge is 0.343 e. The molecule has 0 aromatic heterocycles. The average molecular weight is 522 g/mol. The van der Waals surface area contributed by atoms with Gasteiger partial charge < -0.3 is 19.5 Å². The number of aliphatic hydroxyl groups excluding tert-OH is 1. The molecule has 1 unspecified atom stereocenters. The Labute approximate surface area is 231 Å². The van der Waals surface area contributed by atoms with Gasteiger partial charge in [0.2, 0.25) is 0 Å². The van der Waals surface area contributed by atoms with E-state index in [4.69, 9.17) is 9.47 Å². The summed E-state index contributed by atoms with van der Waals surface area (Å²) in [5.41, 5.74) is 6.04. The van der Waals surface area contributed by atoms with Crippen LogP contribution < -0.4 is 9.47 Å². The number of hydrogen-bond donors (Lipinski definition) is 1. The molecule has 0 aliphatic carbocycles. The number of nitrogens with zero attached hydrogens (tertiary/aromatic N) is 1. The molecule has 0 fully saturated rings. The van der Waals surface area contributed by atoms with Gasteiger partial charge in [-0.25, -0.2) is 4.79 Å². The van der Waals surface area contributed by atoms with Gasteiger partial charge >= 0.3 is 5.97 Å². The van der Waals surface area contributed by atoms with E-state index in [-0.39, 0.29) is 12.6 Å².